The zero-order chi connectivity index (χ0) is 18.0. The fraction of sp³-hybridized carbons (Fsp3) is 0.611. The van der Waals surface area contributed by atoms with Gasteiger partial charge in [0.2, 0.25) is 0 Å². The summed E-state index contributed by atoms with van der Waals surface area (Å²) in [5.74, 6) is 0.219. The third-order valence-corrected chi connectivity index (χ3v) is 4.17. The van der Waals surface area contributed by atoms with Crippen LogP contribution in [0.5, 0.6) is 5.75 Å². The van der Waals surface area contributed by atoms with Crippen LogP contribution in [0, 0.1) is 0 Å². The standard InChI is InChI=1S/C18H28N2O4/c1-17(2,3)24-16(22)20-11-9-18(23,10-12-20)13-19(4)14-5-7-15(21)8-6-14/h5-8,21,23H,9-13H2,1-4H3. The molecule has 1 amide bonds. The predicted molar refractivity (Wildman–Crippen MR) is 93.4 cm³/mol. The maximum atomic E-state index is 12.1. The van der Waals surface area contributed by atoms with E-state index in [1.807, 2.05) is 44.9 Å². The molecule has 6 nitrogen and oxygen atoms in total. The van der Waals surface area contributed by atoms with Crippen molar-refractivity contribution in [2.24, 2.45) is 0 Å². The molecule has 6 heteroatoms. The number of benzene rings is 1. The second-order valence-corrected chi connectivity index (χ2v) is 7.56. The van der Waals surface area contributed by atoms with Gasteiger partial charge in [-0.2, -0.15) is 0 Å². The first-order chi connectivity index (χ1) is 11.1. The largest absolute Gasteiger partial charge is 0.508 e. The topological polar surface area (TPSA) is 73.2 Å². The number of likely N-dealkylation sites (N-methyl/N-ethyl adjacent to an activating group) is 1. The van der Waals surface area contributed by atoms with Crippen molar-refractivity contribution in [1.82, 2.24) is 4.90 Å². The summed E-state index contributed by atoms with van der Waals surface area (Å²) in [6, 6.07) is 6.88. The zero-order valence-corrected chi connectivity index (χ0v) is 15.0. The molecule has 1 aliphatic rings. The van der Waals surface area contributed by atoms with E-state index in [-0.39, 0.29) is 11.8 Å². The minimum atomic E-state index is -0.842. The number of ether oxygens (including phenoxy) is 1. The first kappa shape index (κ1) is 18.4. The first-order valence-corrected chi connectivity index (χ1v) is 8.28. The summed E-state index contributed by atoms with van der Waals surface area (Å²) in [4.78, 5) is 15.7. The molecule has 0 aromatic heterocycles. The van der Waals surface area contributed by atoms with Crippen molar-refractivity contribution in [3.8, 4) is 5.75 Å². The average Bonchev–Trinajstić information content (AvgIpc) is 2.46. The number of hydrogen-bond donors (Lipinski definition) is 2. The molecule has 1 saturated heterocycles. The molecule has 134 valence electrons. The molecule has 0 saturated carbocycles. The number of phenols is 1. The molecule has 1 aromatic carbocycles. The van der Waals surface area contributed by atoms with Crippen molar-refractivity contribution < 1.29 is 19.7 Å². The SMILES string of the molecule is CN(CC1(O)CCN(C(=O)OC(C)(C)C)CC1)c1ccc(O)cc1. The molecule has 0 radical (unpaired) electrons. The number of hydrogen-bond acceptors (Lipinski definition) is 5. The first-order valence-electron chi connectivity index (χ1n) is 8.28. The highest BCUT2D eigenvalue weighted by molar-refractivity contribution is 5.68. The molecule has 0 atom stereocenters. The third-order valence-electron chi connectivity index (χ3n) is 4.17. The molecule has 24 heavy (non-hydrogen) atoms. The number of amides is 1. The molecule has 0 spiro atoms. The fourth-order valence-corrected chi connectivity index (χ4v) is 2.83. The van der Waals surface area contributed by atoms with Crippen LogP contribution in [0.15, 0.2) is 24.3 Å². The number of nitrogens with zero attached hydrogens (tertiary/aromatic N) is 2. The lowest BCUT2D eigenvalue weighted by molar-refractivity contribution is -0.0270. The molecule has 1 aromatic rings. The molecular formula is C18H28N2O4. The van der Waals surface area contributed by atoms with E-state index in [9.17, 15) is 15.0 Å². The van der Waals surface area contributed by atoms with E-state index in [4.69, 9.17) is 4.74 Å². The third kappa shape index (κ3) is 5.03. The number of piperidine rings is 1. The van der Waals surface area contributed by atoms with Gasteiger partial charge in [0.05, 0.1) is 5.60 Å². The number of carbonyl (C=O) groups is 1. The van der Waals surface area contributed by atoms with Crippen LogP contribution in [0.25, 0.3) is 0 Å². The van der Waals surface area contributed by atoms with Gasteiger partial charge in [0, 0.05) is 32.4 Å². The van der Waals surface area contributed by atoms with E-state index in [2.05, 4.69) is 0 Å². The van der Waals surface area contributed by atoms with Gasteiger partial charge in [-0.25, -0.2) is 4.79 Å². The lowest BCUT2D eigenvalue weighted by atomic mass is 9.91. The van der Waals surface area contributed by atoms with Gasteiger partial charge in [0.25, 0.3) is 0 Å². The fourth-order valence-electron chi connectivity index (χ4n) is 2.83. The quantitative estimate of drug-likeness (QED) is 0.887. The number of carbonyl (C=O) groups excluding carboxylic acids is 1. The molecule has 0 unspecified atom stereocenters. The average molecular weight is 336 g/mol. The number of anilines is 1. The number of likely N-dealkylation sites (tertiary alicyclic amines) is 1. The number of aromatic hydroxyl groups is 1. The van der Waals surface area contributed by atoms with Gasteiger partial charge < -0.3 is 24.7 Å². The van der Waals surface area contributed by atoms with Crippen LogP contribution in [0.4, 0.5) is 10.5 Å². The maximum Gasteiger partial charge on any atom is 0.410 e. The van der Waals surface area contributed by atoms with Crippen LogP contribution >= 0.6 is 0 Å². The molecule has 2 N–H and O–H groups in total. The molecule has 1 aliphatic heterocycles. The monoisotopic (exact) mass is 336 g/mol. The Kier molecular flexibility index (Phi) is 5.28. The highest BCUT2D eigenvalue weighted by Gasteiger charge is 2.36. The summed E-state index contributed by atoms with van der Waals surface area (Å²) in [6.07, 6.45) is 0.694. The van der Waals surface area contributed by atoms with E-state index < -0.39 is 11.2 Å². The molecular weight excluding hydrogens is 308 g/mol. The van der Waals surface area contributed by atoms with E-state index in [0.29, 0.717) is 32.5 Å². The Hall–Kier alpha value is -1.95. The number of rotatable bonds is 3. The summed E-state index contributed by atoms with van der Waals surface area (Å²) in [5, 5.41) is 20.2. The van der Waals surface area contributed by atoms with Crippen molar-refractivity contribution in [2.45, 2.75) is 44.8 Å². The van der Waals surface area contributed by atoms with Gasteiger partial charge in [0.1, 0.15) is 11.4 Å². The summed E-state index contributed by atoms with van der Waals surface area (Å²) >= 11 is 0. The van der Waals surface area contributed by atoms with E-state index in [1.54, 1.807) is 17.0 Å². The Bertz CT molecular complexity index is 557. The molecule has 1 fully saturated rings. The van der Waals surface area contributed by atoms with Gasteiger partial charge in [0.15, 0.2) is 0 Å². The lowest BCUT2D eigenvalue weighted by Gasteiger charge is -2.40. The van der Waals surface area contributed by atoms with Crippen molar-refractivity contribution in [3.63, 3.8) is 0 Å². The summed E-state index contributed by atoms with van der Waals surface area (Å²) in [7, 11) is 1.91. The maximum absolute atomic E-state index is 12.1. The van der Waals surface area contributed by atoms with Crippen LogP contribution < -0.4 is 4.90 Å². The molecule has 0 bridgehead atoms. The predicted octanol–water partition coefficient (Wildman–Crippen LogP) is 2.59. The minimum absolute atomic E-state index is 0.219. The van der Waals surface area contributed by atoms with Crippen LogP contribution in [0.1, 0.15) is 33.6 Å². The number of phenolic OH excluding ortho intramolecular Hbond substituents is 1. The molecule has 2 rings (SSSR count). The van der Waals surface area contributed by atoms with Gasteiger partial charge in [-0.15, -0.1) is 0 Å². The summed E-state index contributed by atoms with van der Waals surface area (Å²) in [5.41, 5.74) is -0.425. The van der Waals surface area contributed by atoms with Crippen molar-refractivity contribution in [3.05, 3.63) is 24.3 Å². The highest BCUT2D eigenvalue weighted by atomic mass is 16.6. The second-order valence-electron chi connectivity index (χ2n) is 7.56. The minimum Gasteiger partial charge on any atom is -0.508 e. The Balaban J connectivity index is 1.90. The van der Waals surface area contributed by atoms with Crippen LogP contribution in [-0.2, 0) is 4.74 Å². The number of aliphatic hydroxyl groups is 1. The van der Waals surface area contributed by atoms with Gasteiger partial charge >= 0.3 is 6.09 Å². The normalized spacial score (nSPS) is 17.5. The Morgan fingerprint density at radius 1 is 1.25 bits per heavy atom. The van der Waals surface area contributed by atoms with Crippen LogP contribution in [0.2, 0.25) is 0 Å². The van der Waals surface area contributed by atoms with E-state index in [0.717, 1.165) is 5.69 Å². The van der Waals surface area contributed by atoms with Gasteiger partial charge in [-0.3, -0.25) is 0 Å². The zero-order valence-electron chi connectivity index (χ0n) is 15.0. The van der Waals surface area contributed by atoms with Gasteiger partial charge in [-0.05, 0) is 57.9 Å². The summed E-state index contributed by atoms with van der Waals surface area (Å²) < 4.78 is 5.38. The Labute approximate surface area is 143 Å². The molecule has 1 heterocycles. The van der Waals surface area contributed by atoms with Crippen molar-refractivity contribution in [2.75, 3.05) is 31.6 Å². The van der Waals surface area contributed by atoms with Crippen LogP contribution in [-0.4, -0.2) is 59.1 Å². The van der Waals surface area contributed by atoms with Gasteiger partial charge in [-0.1, -0.05) is 0 Å². The van der Waals surface area contributed by atoms with Crippen molar-refractivity contribution >= 4 is 11.8 Å². The second kappa shape index (κ2) is 6.89. The van der Waals surface area contributed by atoms with Crippen LogP contribution in [0.3, 0.4) is 0 Å². The lowest BCUT2D eigenvalue weighted by Crippen LogP contribution is -2.52. The Morgan fingerprint density at radius 2 is 1.79 bits per heavy atom. The summed E-state index contributed by atoms with van der Waals surface area (Å²) in [6.45, 7) is 6.97. The van der Waals surface area contributed by atoms with Crippen molar-refractivity contribution in [1.29, 1.82) is 0 Å². The highest BCUT2D eigenvalue weighted by Crippen LogP contribution is 2.27. The van der Waals surface area contributed by atoms with E-state index >= 15 is 0 Å². The smallest absolute Gasteiger partial charge is 0.410 e. The Morgan fingerprint density at radius 3 is 2.29 bits per heavy atom. The van der Waals surface area contributed by atoms with E-state index in [1.165, 1.54) is 0 Å². The molecule has 0 aliphatic carbocycles.